The maximum atomic E-state index is 10.1. The fourth-order valence-electron chi connectivity index (χ4n) is 1.86. The number of halogens is 1. The van der Waals surface area contributed by atoms with Crippen LogP contribution in [0, 0.1) is 6.92 Å². The molecule has 2 aromatic rings. The van der Waals surface area contributed by atoms with E-state index in [2.05, 4.69) is 16.8 Å². The topological polar surface area (TPSA) is 20.2 Å². The first-order valence-electron chi connectivity index (χ1n) is 5.61. The molecule has 0 fully saturated rings. The van der Waals surface area contributed by atoms with Crippen LogP contribution in [0.1, 0.15) is 29.2 Å². The first-order chi connectivity index (χ1) is 8.15. The van der Waals surface area contributed by atoms with Gasteiger partial charge in [0, 0.05) is 5.02 Å². The first-order valence-corrected chi connectivity index (χ1v) is 6.93. The zero-order valence-corrected chi connectivity index (χ0v) is 11.3. The van der Waals surface area contributed by atoms with Crippen molar-refractivity contribution < 1.29 is 5.11 Å². The molecule has 0 bridgehead atoms. The Balaban J connectivity index is 2.01. The summed E-state index contributed by atoms with van der Waals surface area (Å²) in [6, 6.07) is 7.83. The molecule has 3 heteroatoms. The highest BCUT2D eigenvalue weighted by Crippen LogP contribution is 2.24. The molecule has 1 aromatic heterocycles. The van der Waals surface area contributed by atoms with Crippen molar-refractivity contribution in [1.82, 2.24) is 0 Å². The van der Waals surface area contributed by atoms with Crippen molar-refractivity contribution in [3.63, 3.8) is 0 Å². The minimum atomic E-state index is -0.438. The molecule has 0 aliphatic carbocycles. The predicted molar refractivity (Wildman–Crippen MR) is 73.8 cm³/mol. The third-order valence-electron chi connectivity index (χ3n) is 2.74. The van der Waals surface area contributed by atoms with Crippen LogP contribution in [-0.4, -0.2) is 5.11 Å². The average Bonchev–Trinajstić information content (AvgIpc) is 2.77. The zero-order valence-electron chi connectivity index (χ0n) is 9.69. The molecule has 0 spiro atoms. The molecule has 0 radical (unpaired) electrons. The van der Waals surface area contributed by atoms with Crippen molar-refractivity contribution >= 4 is 22.9 Å². The molecular formula is C14H15ClOS. The van der Waals surface area contributed by atoms with Crippen molar-refractivity contribution in [2.45, 2.75) is 25.9 Å². The predicted octanol–water partition coefficient (Wildman–Crippen LogP) is 4.38. The van der Waals surface area contributed by atoms with Gasteiger partial charge in [-0.05, 0) is 65.4 Å². The van der Waals surface area contributed by atoms with Gasteiger partial charge < -0.3 is 5.11 Å². The maximum absolute atomic E-state index is 10.1. The fourth-order valence-corrected chi connectivity index (χ4v) is 2.86. The number of aliphatic hydroxyl groups is 1. The maximum Gasteiger partial charge on any atom is 0.0793 e. The van der Waals surface area contributed by atoms with Gasteiger partial charge in [-0.25, -0.2) is 0 Å². The molecule has 0 aliphatic rings. The van der Waals surface area contributed by atoms with E-state index in [0.717, 1.165) is 24.0 Å². The summed E-state index contributed by atoms with van der Waals surface area (Å²) in [5.74, 6) is 0. The number of aliphatic hydroxyl groups excluding tert-OH is 1. The van der Waals surface area contributed by atoms with E-state index in [4.69, 9.17) is 11.6 Å². The van der Waals surface area contributed by atoms with E-state index in [0.29, 0.717) is 5.02 Å². The summed E-state index contributed by atoms with van der Waals surface area (Å²) in [7, 11) is 0. The molecular weight excluding hydrogens is 252 g/mol. The molecule has 0 saturated carbocycles. The van der Waals surface area contributed by atoms with Crippen molar-refractivity contribution in [3.05, 3.63) is 56.7 Å². The van der Waals surface area contributed by atoms with Crippen LogP contribution in [0.5, 0.6) is 0 Å². The lowest BCUT2D eigenvalue weighted by atomic mass is 10.0. The highest BCUT2D eigenvalue weighted by Gasteiger charge is 2.09. The van der Waals surface area contributed by atoms with E-state index in [-0.39, 0.29) is 0 Å². The highest BCUT2D eigenvalue weighted by atomic mass is 35.5. The van der Waals surface area contributed by atoms with Crippen molar-refractivity contribution in [3.8, 4) is 0 Å². The molecule has 0 saturated heterocycles. The molecule has 1 N–H and O–H groups in total. The second kappa shape index (κ2) is 5.67. The molecule has 1 unspecified atom stereocenters. The van der Waals surface area contributed by atoms with Crippen molar-refractivity contribution in [2.24, 2.45) is 0 Å². The van der Waals surface area contributed by atoms with Gasteiger partial charge in [0.05, 0.1) is 6.10 Å². The van der Waals surface area contributed by atoms with E-state index in [1.807, 2.05) is 25.1 Å². The van der Waals surface area contributed by atoms with Crippen LogP contribution in [0.3, 0.4) is 0 Å². The SMILES string of the molecule is Cc1cc(Cl)cc(C(O)CCc2ccsc2)c1. The standard InChI is InChI=1S/C14H15ClOS/c1-10-6-12(8-13(15)7-10)14(16)3-2-11-4-5-17-9-11/h4-9,14,16H,2-3H2,1H3. The summed E-state index contributed by atoms with van der Waals surface area (Å²) in [6.07, 6.45) is 1.19. The summed E-state index contributed by atoms with van der Waals surface area (Å²) < 4.78 is 0. The lowest BCUT2D eigenvalue weighted by Gasteiger charge is -2.11. The van der Waals surface area contributed by atoms with Gasteiger partial charge in [0.15, 0.2) is 0 Å². The van der Waals surface area contributed by atoms with Gasteiger partial charge >= 0.3 is 0 Å². The summed E-state index contributed by atoms with van der Waals surface area (Å²) in [5, 5.41) is 15.0. The third kappa shape index (κ3) is 3.56. The van der Waals surface area contributed by atoms with E-state index in [9.17, 15) is 5.11 Å². The number of thiophene rings is 1. The van der Waals surface area contributed by atoms with Gasteiger partial charge in [0.2, 0.25) is 0 Å². The Labute approximate surface area is 111 Å². The zero-order chi connectivity index (χ0) is 12.3. The summed E-state index contributed by atoms with van der Waals surface area (Å²) in [5.41, 5.74) is 3.28. The molecule has 1 nitrogen and oxygen atoms in total. The lowest BCUT2D eigenvalue weighted by Crippen LogP contribution is -1.99. The number of aryl methyl sites for hydroxylation is 2. The van der Waals surface area contributed by atoms with Crippen molar-refractivity contribution in [1.29, 1.82) is 0 Å². The average molecular weight is 267 g/mol. The van der Waals surface area contributed by atoms with Crippen LogP contribution < -0.4 is 0 Å². The largest absolute Gasteiger partial charge is 0.388 e. The molecule has 1 atom stereocenters. The van der Waals surface area contributed by atoms with Crippen molar-refractivity contribution in [2.75, 3.05) is 0 Å². The van der Waals surface area contributed by atoms with Crippen LogP contribution in [0.4, 0.5) is 0 Å². The minimum absolute atomic E-state index is 0.438. The first kappa shape index (κ1) is 12.6. The lowest BCUT2D eigenvalue weighted by molar-refractivity contribution is 0.168. The quantitative estimate of drug-likeness (QED) is 0.871. The molecule has 90 valence electrons. The molecule has 17 heavy (non-hydrogen) atoms. The fraction of sp³-hybridized carbons (Fsp3) is 0.286. The van der Waals surface area contributed by atoms with E-state index < -0.39 is 6.10 Å². The molecule has 1 aromatic carbocycles. The molecule has 0 aliphatic heterocycles. The summed E-state index contributed by atoms with van der Waals surface area (Å²) in [4.78, 5) is 0. The molecule has 0 amide bonds. The van der Waals surface area contributed by atoms with Gasteiger partial charge in [-0.3, -0.25) is 0 Å². The van der Waals surface area contributed by atoms with Gasteiger partial charge in [-0.2, -0.15) is 11.3 Å². The van der Waals surface area contributed by atoms with Crippen LogP contribution in [0.15, 0.2) is 35.0 Å². The van der Waals surface area contributed by atoms with Crippen LogP contribution in [0.2, 0.25) is 5.02 Å². The van der Waals surface area contributed by atoms with E-state index in [1.165, 1.54) is 5.56 Å². The Morgan fingerprint density at radius 1 is 1.35 bits per heavy atom. The number of rotatable bonds is 4. The Hall–Kier alpha value is -0.830. The second-order valence-corrected chi connectivity index (χ2v) is 5.46. The van der Waals surface area contributed by atoms with Crippen LogP contribution >= 0.6 is 22.9 Å². The van der Waals surface area contributed by atoms with E-state index in [1.54, 1.807) is 11.3 Å². The number of hydrogen-bond acceptors (Lipinski definition) is 2. The van der Waals surface area contributed by atoms with E-state index >= 15 is 0 Å². The third-order valence-corrected chi connectivity index (χ3v) is 3.69. The number of benzene rings is 1. The number of hydrogen-bond donors (Lipinski definition) is 1. The normalized spacial score (nSPS) is 12.6. The summed E-state index contributed by atoms with van der Waals surface area (Å²) in [6.45, 7) is 1.99. The van der Waals surface area contributed by atoms with Crippen LogP contribution in [0.25, 0.3) is 0 Å². The Morgan fingerprint density at radius 3 is 2.82 bits per heavy atom. The Bertz CT molecular complexity index is 459. The monoisotopic (exact) mass is 266 g/mol. The Kier molecular flexibility index (Phi) is 4.21. The van der Waals surface area contributed by atoms with Gasteiger partial charge in [0.25, 0.3) is 0 Å². The second-order valence-electron chi connectivity index (χ2n) is 4.25. The summed E-state index contributed by atoms with van der Waals surface area (Å²) >= 11 is 7.67. The van der Waals surface area contributed by atoms with Gasteiger partial charge in [-0.1, -0.05) is 17.7 Å². The highest BCUT2D eigenvalue weighted by molar-refractivity contribution is 7.07. The molecule has 1 heterocycles. The smallest absolute Gasteiger partial charge is 0.0793 e. The minimum Gasteiger partial charge on any atom is -0.388 e. The van der Waals surface area contributed by atoms with Gasteiger partial charge in [0.1, 0.15) is 0 Å². The van der Waals surface area contributed by atoms with Crippen LogP contribution in [-0.2, 0) is 6.42 Å². The molecule has 2 rings (SSSR count). The Morgan fingerprint density at radius 2 is 2.18 bits per heavy atom. The van der Waals surface area contributed by atoms with Gasteiger partial charge in [-0.15, -0.1) is 0 Å².